The molecule has 0 atom stereocenters. The van der Waals surface area contributed by atoms with E-state index in [4.69, 9.17) is 0 Å². The van der Waals surface area contributed by atoms with E-state index in [0.717, 1.165) is 0 Å². The molecule has 19 heavy (non-hydrogen) atoms. The average molecular weight is 256 g/mol. The summed E-state index contributed by atoms with van der Waals surface area (Å²) in [6.45, 7) is 1.69. The van der Waals surface area contributed by atoms with Crippen molar-refractivity contribution in [1.29, 1.82) is 0 Å². The van der Waals surface area contributed by atoms with Gasteiger partial charge in [0.15, 0.2) is 0 Å². The first-order valence-corrected chi connectivity index (χ1v) is 5.66. The standard InChI is InChI=1S/C14H12N2O3/c1-10-14(17)9-8-12(15-10)7-6-11-4-2-3-5-13(11)16(18)19/h2-9,17H,1H3/b7-6+. The lowest BCUT2D eigenvalue weighted by atomic mass is 10.1. The second-order valence-electron chi connectivity index (χ2n) is 3.99. The van der Waals surface area contributed by atoms with E-state index in [0.29, 0.717) is 17.0 Å². The first-order chi connectivity index (χ1) is 9.08. The van der Waals surface area contributed by atoms with Crippen LogP contribution in [-0.4, -0.2) is 15.0 Å². The van der Waals surface area contributed by atoms with Crippen molar-refractivity contribution in [1.82, 2.24) is 4.98 Å². The van der Waals surface area contributed by atoms with Gasteiger partial charge >= 0.3 is 0 Å². The smallest absolute Gasteiger partial charge is 0.276 e. The Morgan fingerprint density at radius 1 is 1.21 bits per heavy atom. The molecule has 0 aliphatic carbocycles. The van der Waals surface area contributed by atoms with Crippen molar-refractivity contribution in [3.8, 4) is 5.75 Å². The summed E-state index contributed by atoms with van der Waals surface area (Å²) in [5, 5.41) is 20.2. The molecule has 0 saturated heterocycles. The number of aromatic nitrogens is 1. The van der Waals surface area contributed by atoms with Crippen molar-refractivity contribution in [2.45, 2.75) is 6.92 Å². The topological polar surface area (TPSA) is 76.3 Å². The monoisotopic (exact) mass is 256 g/mol. The van der Waals surface area contributed by atoms with E-state index >= 15 is 0 Å². The molecule has 0 radical (unpaired) electrons. The molecule has 1 aromatic carbocycles. The van der Waals surface area contributed by atoms with Gasteiger partial charge in [-0.05, 0) is 37.3 Å². The van der Waals surface area contributed by atoms with Gasteiger partial charge in [0.05, 0.1) is 21.9 Å². The minimum atomic E-state index is -0.421. The van der Waals surface area contributed by atoms with Gasteiger partial charge in [-0.1, -0.05) is 12.1 Å². The van der Waals surface area contributed by atoms with Gasteiger partial charge in [0.2, 0.25) is 0 Å². The highest BCUT2D eigenvalue weighted by molar-refractivity contribution is 5.73. The Kier molecular flexibility index (Phi) is 3.56. The van der Waals surface area contributed by atoms with Crippen LogP contribution in [0.5, 0.6) is 5.75 Å². The molecule has 0 saturated carbocycles. The van der Waals surface area contributed by atoms with Crippen molar-refractivity contribution < 1.29 is 10.0 Å². The summed E-state index contributed by atoms with van der Waals surface area (Å²) in [4.78, 5) is 14.6. The molecule has 2 rings (SSSR count). The van der Waals surface area contributed by atoms with E-state index in [9.17, 15) is 15.2 Å². The van der Waals surface area contributed by atoms with Gasteiger partial charge in [-0.25, -0.2) is 4.98 Å². The van der Waals surface area contributed by atoms with E-state index in [1.54, 1.807) is 49.4 Å². The third-order valence-corrected chi connectivity index (χ3v) is 2.65. The van der Waals surface area contributed by atoms with Crippen LogP contribution in [0.1, 0.15) is 17.0 Å². The average Bonchev–Trinajstić information content (AvgIpc) is 2.40. The van der Waals surface area contributed by atoms with Crippen molar-refractivity contribution in [2.24, 2.45) is 0 Å². The fourth-order valence-electron chi connectivity index (χ4n) is 1.64. The summed E-state index contributed by atoms with van der Waals surface area (Å²) in [5.74, 6) is 0.128. The molecule has 0 aliphatic heterocycles. The summed E-state index contributed by atoms with van der Waals surface area (Å²) in [6, 6.07) is 9.67. The van der Waals surface area contributed by atoms with E-state index in [-0.39, 0.29) is 11.4 Å². The minimum Gasteiger partial charge on any atom is -0.506 e. The maximum Gasteiger partial charge on any atom is 0.276 e. The quantitative estimate of drug-likeness (QED) is 0.676. The second-order valence-corrected chi connectivity index (χ2v) is 3.99. The third-order valence-electron chi connectivity index (χ3n) is 2.65. The third kappa shape index (κ3) is 2.95. The first-order valence-electron chi connectivity index (χ1n) is 5.66. The molecule has 0 spiro atoms. The largest absolute Gasteiger partial charge is 0.506 e. The Balaban J connectivity index is 2.32. The fourth-order valence-corrected chi connectivity index (χ4v) is 1.64. The molecule has 0 amide bonds. The number of nitro benzene ring substituents is 1. The summed E-state index contributed by atoms with van der Waals surface area (Å²) < 4.78 is 0. The maximum atomic E-state index is 10.9. The maximum absolute atomic E-state index is 10.9. The molecular weight excluding hydrogens is 244 g/mol. The fraction of sp³-hybridized carbons (Fsp3) is 0.0714. The summed E-state index contributed by atoms with van der Waals surface area (Å²) in [5.41, 5.74) is 1.72. The van der Waals surface area contributed by atoms with Gasteiger partial charge < -0.3 is 5.11 Å². The predicted octanol–water partition coefficient (Wildman–Crippen LogP) is 3.17. The molecule has 2 aromatic rings. The number of hydrogen-bond acceptors (Lipinski definition) is 4. The zero-order valence-corrected chi connectivity index (χ0v) is 10.3. The van der Waals surface area contributed by atoms with Crippen LogP contribution in [0.2, 0.25) is 0 Å². The van der Waals surface area contributed by atoms with Crippen molar-refractivity contribution in [3.63, 3.8) is 0 Å². The van der Waals surface area contributed by atoms with Crippen LogP contribution < -0.4 is 0 Å². The number of nitrogens with zero attached hydrogens (tertiary/aromatic N) is 2. The van der Waals surface area contributed by atoms with Crippen molar-refractivity contribution >= 4 is 17.8 Å². The van der Waals surface area contributed by atoms with Gasteiger partial charge in [-0.15, -0.1) is 0 Å². The lowest BCUT2D eigenvalue weighted by Crippen LogP contribution is -1.90. The number of nitro groups is 1. The second kappa shape index (κ2) is 5.30. The number of rotatable bonds is 3. The van der Waals surface area contributed by atoms with Crippen LogP contribution in [0.15, 0.2) is 36.4 Å². The Labute approximate surface area is 110 Å². The van der Waals surface area contributed by atoms with E-state index < -0.39 is 4.92 Å². The molecule has 1 heterocycles. The Morgan fingerprint density at radius 3 is 2.63 bits per heavy atom. The number of pyridine rings is 1. The molecule has 0 bridgehead atoms. The minimum absolute atomic E-state index is 0.0502. The van der Waals surface area contributed by atoms with Crippen molar-refractivity contribution in [3.05, 3.63) is 63.5 Å². The Hall–Kier alpha value is -2.69. The number of benzene rings is 1. The van der Waals surface area contributed by atoms with E-state index in [2.05, 4.69) is 4.98 Å². The van der Waals surface area contributed by atoms with Crippen LogP contribution in [0.4, 0.5) is 5.69 Å². The van der Waals surface area contributed by atoms with Gasteiger partial charge in [0.1, 0.15) is 5.75 Å². The van der Waals surface area contributed by atoms with Crippen LogP contribution in [0, 0.1) is 17.0 Å². The predicted molar refractivity (Wildman–Crippen MR) is 72.7 cm³/mol. The Morgan fingerprint density at radius 2 is 1.95 bits per heavy atom. The highest BCUT2D eigenvalue weighted by atomic mass is 16.6. The normalized spacial score (nSPS) is 10.8. The molecule has 5 nitrogen and oxygen atoms in total. The number of aromatic hydroxyl groups is 1. The van der Waals surface area contributed by atoms with Gasteiger partial charge in [-0.2, -0.15) is 0 Å². The molecule has 96 valence electrons. The summed E-state index contributed by atoms with van der Waals surface area (Å²) in [7, 11) is 0. The Bertz CT molecular complexity index is 651. The molecule has 0 aliphatic rings. The van der Waals surface area contributed by atoms with Gasteiger partial charge in [-0.3, -0.25) is 10.1 Å². The number of hydrogen-bond donors (Lipinski definition) is 1. The zero-order chi connectivity index (χ0) is 13.8. The van der Waals surface area contributed by atoms with Crippen LogP contribution in [-0.2, 0) is 0 Å². The lowest BCUT2D eigenvalue weighted by Gasteiger charge is -1.99. The summed E-state index contributed by atoms with van der Waals surface area (Å²) >= 11 is 0. The molecule has 1 aromatic heterocycles. The van der Waals surface area contributed by atoms with Crippen LogP contribution >= 0.6 is 0 Å². The first kappa shape index (κ1) is 12.8. The van der Waals surface area contributed by atoms with Gasteiger partial charge in [0, 0.05) is 6.07 Å². The molecule has 0 fully saturated rings. The zero-order valence-electron chi connectivity index (χ0n) is 10.3. The van der Waals surface area contributed by atoms with Crippen LogP contribution in [0.25, 0.3) is 12.2 Å². The highest BCUT2D eigenvalue weighted by Crippen LogP contribution is 2.20. The number of para-hydroxylation sites is 1. The van der Waals surface area contributed by atoms with Crippen molar-refractivity contribution in [2.75, 3.05) is 0 Å². The molecule has 5 heteroatoms. The SMILES string of the molecule is Cc1nc(/C=C/c2ccccc2[N+](=O)[O-])ccc1O. The molecule has 0 unspecified atom stereocenters. The lowest BCUT2D eigenvalue weighted by molar-refractivity contribution is -0.385. The van der Waals surface area contributed by atoms with Gasteiger partial charge in [0.25, 0.3) is 5.69 Å². The van der Waals surface area contributed by atoms with Crippen LogP contribution in [0.3, 0.4) is 0 Å². The summed E-state index contributed by atoms with van der Waals surface area (Å²) in [6.07, 6.45) is 3.31. The molecule has 1 N–H and O–H groups in total. The van der Waals surface area contributed by atoms with E-state index in [1.807, 2.05) is 0 Å². The highest BCUT2D eigenvalue weighted by Gasteiger charge is 2.09. The number of aryl methyl sites for hydroxylation is 1. The van der Waals surface area contributed by atoms with E-state index in [1.165, 1.54) is 6.07 Å². The molecular formula is C14H12N2O3.